The molecule has 2 aliphatic rings. The number of nitrogens with one attached hydrogen (secondary N) is 2. The maximum absolute atomic E-state index is 12.0. The fourth-order valence-electron chi connectivity index (χ4n) is 2.98. The Morgan fingerprint density at radius 3 is 2.61 bits per heavy atom. The summed E-state index contributed by atoms with van der Waals surface area (Å²) >= 11 is 0. The normalized spacial score (nSPS) is 29.6. The smallest absolute Gasteiger partial charge is 0.303 e. The van der Waals surface area contributed by atoms with Crippen molar-refractivity contribution in [1.82, 2.24) is 10.6 Å². The maximum Gasteiger partial charge on any atom is 0.303 e. The van der Waals surface area contributed by atoms with Crippen LogP contribution in [0.2, 0.25) is 0 Å². The number of carboxylic acids is 1. The zero-order chi connectivity index (χ0) is 13.2. The van der Waals surface area contributed by atoms with Crippen LogP contribution >= 0.6 is 0 Å². The number of carbonyl (C=O) groups is 2. The lowest BCUT2D eigenvalue weighted by Crippen LogP contribution is -2.49. The van der Waals surface area contributed by atoms with E-state index in [1.165, 1.54) is 0 Å². The molecule has 2 unspecified atom stereocenters. The molecule has 18 heavy (non-hydrogen) atoms. The van der Waals surface area contributed by atoms with Crippen molar-refractivity contribution in [3.05, 3.63) is 0 Å². The highest BCUT2D eigenvalue weighted by Gasteiger charge is 2.40. The van der Waals surface area contributed by atoms with Crippen molar-refractivity contribution in [2.45, 2.75) is 45.1 Å². The van der Waals surface area contributed by atoms with Gasteiger partial charge in [0.1, 0.15) is 0 Å². The van der Waals surface area contributed by atoms with Crippen molar-refractivity contribution >= 4 is 11.9 Å². The van der Waals surface area contributed by atoms with Gasteiger partial charge in [-0.25, -0.2) is 0 Å². The minimum absolute atomic E-state index is 0.0247. The van der Waals surface area contributed by atoms with Crippen LogP contribution in [0, 0.1) is 11.3 Å². The van der Waals surface area contributed by atoms with E-state index in [0.717, 1.165) is 32.2 Å². The highest BCUT2D eigenvalue weighted by molar-refractivity contribution is 5.82. The summed E-state index contributed by atoms with van der Waals surface area (Å²) in [6.45, 7) is 3.46. The lowest BCUT2D eigenvalue weighted by Gasteiger charge is -2.41. The van der Waals surface area contributed by atoms with Crippen LogP contribution in [-0.2, 0) is 9.59 Å². The van der Waals surface area contributed by atoms with E-state index in [1.807, 2.05) is 0 Å². The van der Waals surface area contributed by atoms with E-state index in [4.69, 9.17) is 5.11 Å². The monoisotopic (exact) mass is 254 g/mol. The molecule has 5 heteroatoms. The highest BCUT2D eigenvalue weighted by atomic mass is 16.4. The van der Waals surface area contributed by atoms with Crippen LogP contribution in [0.25, 0.3) is 0 Å². The highest BCUT2D eigenvalue weighted by Crippen LogP contribution is 2.43. The Labute approximate surface area is 107 Å². The van der Waals surface area contributed by atoms with Crippen LogP contribution in [0.3, 0.4) is 0 Å². The first-order valence-electron chi connectivity index (χ1n) is 6.75. The summed E-state index contributed by atoms with van der Waals surface area (Å²) in [6.07, 6.45) is 4.08. The minimum Gasteiger partial charge on any atom is -0.481 e. The second kappa shape index (κ2) is 5.26. The quantitative estimate of drug-likeness (QED) is 0.676. The van der Waals surface area contributed by atoms with E-state index in [1.54, 1.807) is 0 Å². The zero-order valence-electron chi connectivity index (χ0n) is 10.9. The molecule has 0 aromatic heterocycles. The summed E-state index contributed by atoms with van der Waals surface area (Å²) in [5.41, 5.74) is -0.191. The van der Waals surface area contributed by atoms with Crippen molar-refractivity contribution < 1.29 is 14.7 Å². The van der Waals surface area contributed by atoms with E-state index in [9.17, 15) is 9.59 Å². The Morgan fingerprint density at radius 2 is 2.17 bits per heavy atom. The second-order valence-corrected chi connectivity index (χ2v) is 5.84. The lowest BCUT2D eigenvalue weighted by molar-refractivity contribution is -0.142. The average molecular weight is 254 g/mol. The number of hydrogen-bond acceptors (Lipinski definition) is 3. The third kappa shape index (κ3) is 2.83. The van der Waals surface area contributed by atoms with E-state index in [-0.39, 0.29) is 23.8 Å². The van der Waals surface area contributed by atoms with Crippen molar-refractivity contribution in [3.63, 3.8) is 0 Å². The molecule has 1 aliphatic carbocycles. The average Bonchev–Trinajstić information content (AvgIpc) is 2.67. The second-order valence-electron chi connectivity index (χ2n) is 5.84. The fourth-order valence-corrected chi connectivity index (χ4v) is 2.98. The van der Waals surface area contributed by atoms with Crippen LogP contribution in [0.15, 0.2) is 0 Å². The van der Waals surface area contributed by atoms with Gasteiger partial charge >= 0.3 is 5.97 Å². The summed E-state index contributed by atoms with van der Waals surface area (Å²) in [6, 6.07) is -0.105. The Balaban J connectivity index is 1.82. The third-order valence-corrected chi connectivity index (χ3v) is 4.39. The van der Waals surface area contributed by atoms with Crippen molar-refractivity contribution in [2.24, 2.45) is 11.3 Å². The molecule has 1 saturated carbocycles. The van der Waals surface area contributed by atoms with Gasteiger partial charge in [0.15, 0.2) is 0 Å². The van der Waals surface area contributed by atoms with E-state index in [2.05, 4.69) is 17.6 Å². The summed E-state index contributed by atoms with van der Waals surface area (Å²) < 4.78 is 0. The largest absolute Gasteiger partial charge is 0.481 e. The molecule has 3 N–H and O–H groups in total. The first-order chi connectivity index (χ1) is 8.52. The molecule has 1 amide bonds. The van der Waals surface area contributed by atoms with Gasteiger partial charge in [-0.05, 0) is 37.1 Å². The third-order valence-electron chi connectivity index (χ3n) is 4.39. The summed E-state index contributed by atoms with van der Waals surface area (Å²) in [5.74, 6) is -0.380. The molecule has 102 valence electrons. The Kier molecular flexibility index (Phi) is 3.90. The minimum atomic E-state index is -0.767. The van der Waals surface area contributed by atoms with Crippen LogP contribution in [0.5, 0.6) is 0 Å². The molecule has 0 radical (unpaired) electrons. The van der Waals surface area contributed by atoms with Gasteiger partial charge in [-0.3, -0.25) is 9.59 Å². The van der Waals surface area contributed by atoms with Crippen LogP contribution < -0.4 is 10.6 Å². The SMILES string of the molecule is CC1CCNC1C(=O)NCC1(CC(=O)O)CCC1. The van der Waals surface area contributed by atoms with Gasteiger partial charge in [-0.2, -0.15) is 0 Å². The Morgan fingerprint density at radius 1 is 1.44 bits per heavy atom. The summed E-state index contributed by atoms with van der Waals surface area (Å²) in [7, 11) is 0. The number of aliphatic carboxylic acids is 1. The van der Waals surface area contributed by atoms with Gasteiger partial charge in [-0.1, -0.05) is 13.3 Å². The number of carbonyl (C=O) groups excluding carboxylic acids is 1. The van der Waals surface area contributed by atoms with Gasteiger partial charge in [-0.15, -0.1) is 0 Å². The number of amides is 1. The van der Waals surface area contributed by atoms with Gasteiger partial charge < -0.3 is 15.7 Å². The predicted molar refractivity (Wildman–Crippen MR) is 67.1 cm³/mol. The molecular formula is C13H22N2O3. The molecule has 1 heterocycles. The molecule has 0 aromatic carbocycles. The van der Waals surface area contributed by atoms with Crippen molar-refractivity contribution in [2.75, 3.05) is 13.1 Å². The molecule has 2 fully saturated rings. The molecule has 1 saturated heterocycles. The standard InChI is InChI=1S/C13H22N2O3/c1-9-3-6-14-11(9)12(18)15-8-13(4-2-5-13)7-10(16)17/h9,11,14H,2-8H2,1H3,(H,15,18)(H,16,17). The zero-order valence-corrected chi connectivity index (χ0v) is 10.9. The van der Waals surface area contributed by atoms with E-state index < -0.39 is 5.97 Å². The molecule has 2 atom stereocenters. The molecule has 0 bridgehead atoms. The number of hydrogen-bond donors (Lipinski definition) is 3. The summed E-state index contributed by atoms with van der Waals surface area (Å²) in [5, 5.41) is 15.0. The summed E-state index contributed by atoms with van der Waals surface area (Å²) in [4.78, 5) is 22.8. The van der Waals surface area contributed by atoms with E-state index >= 15 is 0 Å². The first kappa shape index (κ1) is 13.3. The molecule has 1 aliphatic heterocycles. The van der Waals surface area contributed by atoms with Gasteiger partial charge in [0.25, 0.3) is 0 Å². The van der Waals surface area contributed by atoms with E-state index in [0.29, 0.717) is 12.5 Å². The van der Waals surface area contributed by atoms with Gasteiger partial charge in [0.2, 0.25) is 5.91 Å². The first-order valence-corrected chi connectivity index (χ1v) is 6.75. The molecular weight excluding hydrogens is 232 g/mol. The topological polar surface area (TPSA) is 78.4 Å². The van der Waals surface area contributed by atoms with Crippen LogP contribution in [-0.4, -0.2) is 36.1 Å². The molecule has 2 rings (SSSR count). The predicted octanol–water partition coefficient (Wildman–Crippen LogP) is 0.746. The number of rotatable bonds is 5. The molecule has 5 nitrogen and oxygen atoms in total. The van der Waals surface area contributed by atoms with Crippen LogP contribution in [0.4, 0.5) is 0 Å². The van der Waals surface area contributed by atoms with Gasteiger partial charge in [0, 0.05) is 6.54 Å². The van der Waals surface area contributed by atoms with Crippen LogP contribution in [0.1, 0.15) is 39.0 Å². The lowest BCUT2D eigenvalue weighted by atomic mass is 9.66. The Hall–Kier alpha value is -1.10. The van der Waals surface area contributed by atoms with Gasteiger partial charge in [0.05, 0.1) is 12.5 Å². The maximum atomic E-state index is 12.0. The number of carboxylic acid groups (broad SMARTS) is 1. The fraction of sp³-hybridized carbons (Fsp3) is 0.846. The molecule has 0 aromatic rings. The van der Waals surface area contributed by atoms with Crippen molar-refractivity contribution in [1.29, 1.82) is 0 Å². The molecule has 0 spiro atoms. The van der Waals surface area contributed by atoms with Crippen molar-refractivity contribution in [3.8, 4) is 0 Å². The Bertz CT molecular complexity index is 339.